The van der Waals surface area contributed by atoms with E-state index >= 15 is 0 Å². The zero-order valence-corrected chi connectivity index (χ0v) is 13.0. The van der Waals surface area contributed by atoms with Gasteiger partial charge in [0.2, 0.25) is 5.91 Å². The normalized spacial score (nSPS) is 13.1. The molecule has 5 nitrogen and oxygen atoms in total. The van der Waals surface area contributed by atoms with Crippen LogP contribution in [0.25, 0.3) is 11.0 Å². The summed E-state index contributed by atoms with van der Waals surface area (Å²) in [6.45, 7) is 5.62. The highest BCUT2D eigenvalue weighted by Crippen LogP contribution is 2.33. The van der Waals surface area contributed by atoms with Gasteiger partial charge in [0.05, 0.1) is 16.5 Å². The van der Waals surface area contributed by atoms with E-state index in [9.17, 15) is 10.1 Å². The molecule has 0 fully saturated rings. The van der Waals surface area contributed by atoms with Gasteiger partial charge in [-0.05, 0) is 32.9 Å². The Morgan fingerprint density at radius 3 is 2.76 bits per heavy atom. The number of para-hydroxylation sites is 1. The summed E-state index contributed by atoms with van der Waals surface area (Å²) in [5, 5.41) is 8.87. The highest BCUT2D eigenvalue weighted by atomic mass is 35.5. The lowest BCUT2D eigenvalue weighted by atomic mass is 9.99. The van der Waals surface area contributed by atoms with Gasteiger partial charge < -0.3 is 10.3 Å². The van der Waals surface area contributed by atoms with Crippen LogP contribution in [-0.2, 0) is 10.3 Å². The first-order valence-corrected chi connectivity index (χ1v) is 7.06. The Bertz CT molecular complexity index is 740. The van der Waals surface area contributed by atoms with Crippen molar-refractivity contribution in [2.24, 2.45) is 5.73 Å². The number of nitrogens with two attached hydrogens (primary N) is 1. The molecule has 110 valence electrons. The van der Waals surface area contributed by atoms with Crippen molar-refractivity contribution in [3.63, 3.8) is 0 Å². The Labute approximate surface area is 128 Å². The number of carbonyl (C=O) groups excluding carboxylic acids is 1. The molecule has 1 amide bonds. The van der Waals surface area contributed by atoms with Gasteiger partial charge in [-0.3, -0.25) is 4.79 Å². The zero-order valence-electron chi connectivity index (χ0n) is 12.2. The lowest BCUT2D eigenvalue weighted by Gasteiger charge is -2.28. The van der Waals surface area contributed by atoms with E-state index in [1.54, 1.807) is 12.1 Å². The average molecular weight is 305 g/mol. The number of benzene rings is 1. The molecule has 1 heterocycles. The van der Waals surface area contributed by atoms with Gasteiger partial charge in [0.1, 0.15) is 17.4 Å². The zero-order chi connectivity index (χ0) is 15.8. The molecular weight excluding hydrogens is 288 g/mol. The van der Waals surface area contributed by atoms with Crippen LogP contribution in [-0.4, -0.2) is 15.5 Å². The van der Waals surface area contributed by atoms with Gasteiger partial charge in [-0.25, -0.2) is 4.98 Å². The number of hydrogen-bond acceptors (Lipinski definition) is 3. The Hall–Kier alpha value is -2.06. The molecule has 1 atom stereocenters. The molecule has 6 heteroatoms. The van der Waals surface area contributed by atoms with Crippen molar-refractivity contribution in [2.45, 2.75) is 38.1 Å². The van der Waals surface area contributed by atoms with Crippen LogP contribution in [0.1, 0.15) is 44.0 Å². The molecule has 0 bridgehead atoms. The summed E-state index contributed by atoms with van der Waals surface area (Å²) < 4.78 is 1.91. The number of carbonyl (C=O) groups is 1. The van der Waals surface area contributed by atoms with Crippen molar-refractivity contribution >= 4 is 28.5 Å². The Kier molecular flexibility index (Phi) is 3.93. The maximum atomic E-state index is 11.4. The van der Waals surface area contributed by atoms with Crippen molar-refractivity contribution in [3.8, 4) is 6.07 Å². The number of alkyl halides is 1. The largest absolute Gasteiger partial charge is 0.370 e. The first-order valence-electron chi connectivity index (χ1n) is 6.62. The molecule has 1 aromatic carbocycles. The maximum Gasteiger partial charge on any atom is 0.219 e. The molecule has 0 saturated heterocycles. The van der Waals surface area contributed by atoms with E-state index in [4.69, 9.17) is 17.3 Å². The second-order valence-electron chi connectivity index (χ2n) is 5.66. The molecule has 1 unspecified atom stereocenters. The Morgan fingerprint density at radius 1 is 1.57 bits per heavy atom. The van der Waals surface area contributed by atoms with Gasteiger partial charge in [0.25, 0.3) is 0 Å². The Balaban J connectivity index is 2.80. The second kappa shape index (κ2) is 5.38. The van der Waals surface area contributed by atoms with Crippen LogP contribution in [0.5, 0.6) is 0 Å². The third kappa shape index (κ3) is 2.72. The average Bonchev–Trinajstić information content (AvgIpc) is 2.77. The van der Waals surface area contributed by atoms with Gasteiger partial charge in [-0.2, -0.15) is 5.26 Å². The highest BCUT2D eigenvalue weighted by molar-refractivity contribution is 6.20. The van der Waals surface area contributed by atoms with E-state index in [0.29, 0.717) is 16.9 Å². The number of nitrogens with zero attached hydrogens (tertiary/aromatic N) is 3. The van der Waals surface area contributed by atoms with E-state index in [0.717, 1.165) is 5.52 Å². The van der Waals surface area contributed by atoms with Crippen LogP contribution >= 0.6 is 11.6 Å². The third-order valence-corrected chi connectivity index (χ3v) is 3.59. The van der Waals surface area contributed by atoms with Crippen molar-refractivity contribution in [1.29, 1.82) is 5.26 Å². The number of amides is 1. The fourth-order valence-corrected chi connectivity index (χ4v) is 2.76. The number of aromatic nitrogens is 2. The molecule has 2 N–H and O–H groups in total. The summed E-state index contributed by atoms with van der Waals surface area (Å²) in [4.78, 5) is 15.9. The third-order valence-electron chi connectivity index (χ3n) is 3.40. The van der Waals surface area contributed by atoms with Gasteiger partial charge in [-0.15, -0.1) is 11.6 Å². The van der Waals surface area contributed by atoms with E-state index in [1.807, 2.05) is 31.4 Å². The summed E-state index contributed by atoms with van der Waals surface area (Å²) in [5.74, 6) is 0.229. The SMILES string of the molecule is CC(Cl)c1nc2c(C#N)cccc2n1C(C)(C)CC(N)=O. The molecule has 0 aliphatic rings. The first-order chi connectivity index (χ1) is 9.77. The predicted octanol–water partition coefficient (Wildman–Crippen LogP) is 2.82. The summed E-state index contributed by atoms with van der Waals surface area (Å²) in [7, 11) is 0. The van der Waals surface area contributed by atoms with Gasteiger partial charge >= 0.3 is 0 Å². The fraction of sp³-hybridized carbons (Fsp3) is 0.400. The van der Waals surface area contributed by atoms with E-state index in [-0.39, 0.29) is 11.8 Å². The van der Waals surface area contributed by atoms with Crippen molar-refractivity contribution in [1.82, 2.24) is 9.55 Å². The van der Waals surface area contributed by atoms with Crippen LogP contribution in [0.3, 0.4) is 0 Å². The second-order valence-corrected chi connectivity index (χ2v) is 6.32. The van der Waals surface area contributed by atoms with Gasteiger partial charge in [0.15, 0.2) is 0 Å². The Morgan fingerprint density at radius 2 is 2.24 bits per heavy atom. The van der Waals surface area contributed by atoms with E-state index in [1.165, 1.54) is 0 Å². The molecule has 1 aromatic heterocycles. The monoisotopic (exact) mass is 304 g/mol. The van der Waals surface area contributed by atoms with Crippen molar-refractivity contribution in [3.05, 3.63) is 29.6 Å². The maximum absolute atomic E-state index is 11.4. The number of fused-ring (bicyclic) bond motifs is 1. The van der Waals surface area contributed by atoms with Crippen LogP contribution in [0.15, 0.2) is 18.2 Å². The number of primary amides is 1. The number of nitriles is 1. The summed E-state index contributed by atoms with van der Waals surface area (Å²) >= 11 is 6.24. The summed E-state index contributed by atoms with van der Waals surface area (Å²) in [6, 6.07) is 7.51. The molecule has 0 radical (unpaired) electrons. The lowest BCUT2D eigenvalue weighted by Crippen LogP contribution is -2.33. The van der Waals surface area contributed by atoms with Crippen LogP contribution in [0.2, 0.25) is 0 Å². The van der Waals surface area contributed by atoms with Crippen LogP contribution in [0, 0.1) is 11.3 Å². The van der Waals surface area contributed by atoms with Crippen molar-refractivity contribution in [2.75, 3.05) is 0 Å². The fourth-order valence-electron chi connectivity index (χ4n) is 2.62. The molecule has 2 aromatic rings. The summed E-state index contributed by atoms with van der Waals surface area (Å²) in [5.41, 5.74) is 6.64. The van der Waals surface area contributed by atoms with Crippen molar-refractivity contribution < 1.29 is 4.79 Å². The minimum absolute atomic E-state index is 0.159. The minimum atomic E-state index is -0.576. The molecule has 0 aliphatic carbocycles. The van der Waals surface area contributed by atoms with Crippen LogP contribution in [0.4, 0.5) is 0 Å². The van der Waals surface area contributed by atoms with E-state index in [2.05, 4.69) is 11.1 Å². The lowest BCUT2D eigenvalue weighted by molar-refractivity contribution is -0.119. The number of rotatable bonds is 4. The molecule has 0 saturated carbocycles. The summed E-state index contributed by atoms with van der Waals surface area (Å²) in [6.07, 6.45) is 0.159. The molecule has 2 rings (SSSR count). The minimum Gasteiger partial charge on any atom is -0.370 e. The van der Waals surface area contributed by atoms with Crippen LogP contribution < -0.4 is 5.73 Å². The topological polar surface area (TPSA) is 84.7 Å². The molecule has 0 aliphatic heterocycles. The predicted molar refractivity (Wildman–Crippen MR) is 81.8 cm³/mol. The van der Waals surface area contributed by atoms with Gasteiger partial charge in [0, 0.05) is 12.0 Å². The first kappa shape index (κ1) is 15.3. The number of halogens is 1. The number of imidazole rings is 1. The molecule has 0 spiro atoms. The molecule has 21 heavy (non-hydrogen) atoms. The van der Waals surface area contributed by atoms with Gasteiger partial charge in [-0.1, -0.05) is 6.07 Å². The standard InChI is InChI=1S/C15H17ClN4O/c1-9(16)14-19-13-10(8-17)5-4-6-11(13)20(14)15(2,3)7-12(18)21/h4-6,9H,7H2,1-3H3,(H2,18,21). The number of hydrogen-bond donors (Lipinski definition) is 1. The smallest absolute Gasteiger partial charge is 0.219 e. The van der Waals surface area contributed by atoms with E-state index < -0.39 is 11.4 Å². The molecular formula is C15H17ClN4O. The quantitative estimate of drug-likeness (QED) is 0.881. The highest BCUT2D eigenvalue weighted by Gasteiger charge is 2.30.